The Kier molecular flexibility index (Phi) is 10.8. The van der Waals surface area contributed by atoms with E-state index in [0.717, 1.165) is 74.3 Å². The maximum Gasteiger partial charge on any atom is 0.339 e. The lowest BCUT2D eigenvalue weighted by Crippen LogP contribution is -2.46. The average molecular weight is 640 g/mol. The van der Waals surface area contributed by atoms with Crippen molar-refractivity contribution in [3.05, 3.63) is 107 Å². The Bertz CT molecular complexity index is 1580. The molecule has 0 amide bonds. The second-order valence-corrected chi connectivity index (χ2v) is 12.5. The van der Waals surface area contributed by atoms with Gasteiger partial charge in [0.2, 0.25) is 0 Å². The van der Waals surface area contributed by atoms with Crippen LogP contribution in [0.3, 0.4) is 0 Å². The van der Waals surface area contributed by atoms with E-state index >= 15 is 0 Å². The van der Waals surface area contributed by atoms with Crippen LogP contribution in [0.15, 0.2) is 91.0 Å². The molecule has 0 unspecified atom stereocenters. The molecule has 240 valence electrons. The van der Waals surface area contributed by atoms with Crippen molar-refractivity contribution in [3.63, 3.8) is 0 Å². The van der Waals surface area contributed by atoms with Gasteiger partial charge in [0.05, 0.1) is 6.61 Å². The van der Waals surface area contributed by atoms with Crippen LogP contribution in [0.25, 0.3) is 11.1 Å². The van der Waals surface area contributed by atoms with E-state index in [2.05, 4.69) is 45.0 Å². The Hall–Kier alpha value is -4.04. The van der Waals surface area contributed by atoms with Crippen molar-refractivity contribution in [3.8, 4) is 28.4 Å². The van der Waals surface area contributed by atoms with Gasteiger partial charge in [-0.1, -0.05) is 48.4 Å². The number of aromatic carboxylic acids is 1. The van der Waals surface area contributed by atoms with Crippen molar-refractivity contribution >= 4 is 23.3 Å². The maximum atomic E-state index is 11.5. The molecule has 2 aliphatic heterocycles. The third kappa shape index (κ3) is 8.40. The van der Waals surface area contributed by atoms with Gasteiger partial charge in [-0.15, -0.1) is 0 Å². The smallest absolute Gasteiger partial charge is 0.339 e. The second kappa shape index (κ2) is 15.5. The van der Waals surface area contributed by atoms with Gasteiger partial charge in [-0.2, -0.15) is 0 Å². The van der Waals surface area contributed by atoms with E-state index in [4.69, 9.17) is 21.1 Å². The number of piperazine rings is 1. The van der Waals surface area contributed by atoms with E-state index in [0.29, 0.717) is 11.5 Å². The fraction of sp³-hybridized carbons (Fsp3) is 0.342. The summed E-state index contributed by atoms with van der Waals surface area (Å²) in [5.74, 6) is 0.867. The van der Waals surface area contributed by atoms with Crippen molar-refractivity contribution in [2.24, 2.45) is 0 Å². The Labute approximate surface area is 276 Å². The molecule has 0 radical (unpaired) electrons. The molecule has 46 heavy (non-hydrogen) atoms. The number of nitrogens with zero attached hydrogens (tertiary/aromatic N) is 3. The molecule has 6 rings (SSSR count). The zero-order chi connectivity index (χ0) is 31.7. The van der Waals surface area contributed by atoms with E-state index in [1.54, 1.807) is 24.3 Å². The van der Waals surface area contributed by atoms with Gasteiger partial charge >= 0.3 is 5.97 Å². The summed E-state index contributed by atoms with van der Waals surface area (Å²) >= 11 is 6.21. The lowest BCUT2D eigenvalue weighted by molar-refractivity contribution is 0.0694. The molecule has 4 aromatic rings. The fourth-order valence-electron chi connectivity index (χ4n) is 6.35. The largest absolute Gasteiger partial charge is 0.494 e. The third-order valence-corrected chi connectivity index (χ3v) is 9.13. The molecule has 2 fully saturated rings. The number of rotatable bonds is 12. The van der Waals surface area contributed by atoms with Crippen molar-refractivity contribution < 1.29 is 19.4 Å². The number of ether oxygens (including phenoxy) is 2. The summed E-state index contributed by atoms with van der Waals surface area (Å²) in [5.41, 5.74) is 4.89. The van der Waals surface area contributed by atoms with Crippen LogP contribution in [0.1, 0.15) is 41.6 Å². The Morgan fingerprint density at radius 1 is 0.761 bits per heavy atom. The molecule has 2 saturated heterocycles. The van der Waals surface area contributed by atoms with Crippen LogP contribution in [-0.2, 0) is 6.54 Å². The predicted octanol–water partition coefficient (Wildman–Crippen LogP) is 8.07. The summed E-state index contributed by atoms with van der Waals surface area (Å²) in [6.45, 7) is 8.80. The number of benzene rings is 4. The van der Waals surface area contributed by atoms with Crippen LogP contribution < -0.4 is 14.4 Å². The number of para-hydroxylation sites is 1. The van der Waals surface area contributed by atoms with Crippen LogP contribution in [0, 0.1) is 0 Å². The van der Waals surface area contributed by atoms with Crippen molar-refractivity contribution in [1.82, 2.24) is 9.80 Å². The predicted molar refractivity (Wildman–Crippen MR) is 185 cm³/mol. The van der Waals surface area contributed by atoms with Gasteiger partial charge < -0.3 is 24.4 Å². The Morgan fingerprint density at radius 3 is 2.22 bits per heavy atom. The number of carboxylic acids is 1. The summed E-state index contributed by atoms with van der Waals surface area (Å²) in [7, 11) is 0. The second-order valence-electron chi connectivity index (χ2n) is 12.1. The summed E-state index contributed by atoms with van der Waals surface area (Å²) in [6, 6.07) is 29.2. The number of likely N-dealkylation sites (tertiary alicyclic amines) is 1. The van der Waals surface area contributed by atoms with Gasteiger partial charge in [-0.05, 0) is 110 Å². The normalized spacial score (nSPS) is 15.9. The molecule has 0 aromatic heterocycles. The zero-order valence-corrected chi connectivity index (χ0v) is 27.0. The van der Waals surface area contributed by atoms with Crippen LogP contribution in [0.5, 0.6) is 17.2 Å². The third-order valence-electron chi connectivity index (χ3n) is 8.88. The highest BCUT2D eigenvalue weighted by molar-refractivity contribution is 6.30. The van der Waals surface area contributed by atoms with Crippen molar-refractivity contribution in [2.45, 2.75) is 32.2 Å². The Morgan fingerprint density at radius 2 is 1.48 bits per heavy atom. The molecule has 2 aliphatic rings. The molecule has 0 spiro atoms. The van der Waals surface area contributed by atoms with E-state index in [1.807, 2.05) is 36.4 Å². The Balaban J connectivity index is 1.07. The number of halogens is 1. The molecular weight excluding hydrogens is 598 g/mol. The number of carbonyl (C=O) groups is 1. The molecule has 7 nitrogen and oxygen atoms in total. The highest BCUT2D eigenvalue weighted by Crippen LogP contribution is 2.31. The molecule has 2 heterocycles. The van der Waals surface area contributed by atoms with E-state index < -0.39 is 5.97 Å². The zero-order valence-electron chi connectivity index (χ0n) is 26.2. The number of hydrogen-bond donors (Lipinski definition) is 1. The van der Waals surface area contributed by atoms with Gasteiger partial charge in [0.15, 0.2) is 0 Å². The quantitative estimate of drug-likeness (QED) is 0.157. The van der Waals surface area contributed by atoms with Gasteiger partial charge in [0.1, 0.15) is 22.8 Å². The monoisotopic (exact) mass is 639 g/mol. The van der Waals surface area contributed by atoms with Crippen LogP contribution in [0.4, 0.5) is 5.69 Å². The number of hydrogen-bond acceptors (Lipinski definition) is 6. The van der Waals surface area contributed by atoms with Crippen molar-refractivity contribution in [2.75, 3.05) is 57.3 Å². The molecular formula is C38H42ClN3O4. The van der Waals surface area contributed by atoms with Gasteiger partial charge in [0.25, 0.3) is 0 Å². The molecule has 8 heteroatoms. The topological polar surface area (TPSA) is 65.5 Å². The minimum atomic E-state index is -1.01. The maximum absolute atomic E-state index is 11.5. The van der Waals surface area contributed by atoms with Gasteiger partial charge in [-0.3, -0.25) is 4.90 Å². The summed E-state index contributed by atoms with van der Waals surface area (Å²) in [5, 5.41) is 10.2. The minimum Gasteiger partial charge on any atom is -0.494 e. The molecule has 0 atom stereocenters. The van der Waals surface area contributed by atoms with Crippen LogP contribution in [-0.4, -0.2) is 73.3 Å². The highest BCUT2D eigenvalue weighted by Gasteiger charge is 2.20. The molecule has 0 saturated carbocycles. The number of piperidine rings is 1. The first-order valence-electron chi connectivity index (χ1n) is 16.3. The standard InChI is InChI=1S/C38H42ClN3O4/c39-31-11-9-29(10-12-31)35-18-17-34(45-26-6-21-40-19-4-1-5-20-40)27-30(35)28-41-22-24-42(25-23-41)32-13-15-33(16-14-32)46-37-8-3-2-7-36(37)38(43)44/h2-3,7-18,27H,1,4-6,19-26,28H2,(H,43,44). The first-order valence-corrected chi connectivity index (χ1v) is 16.7. The first-order chi connectivity index (χ1) is 22.5. The average Bonchev–Trinajstić information content (AvgIpc) is 3.09. The first kappa shape index (κ1) is 31.9. The number of anilines is 1. The van der Waals surface area contributed by atoms with E-state index in [9.17, 15) is 9.90 Å². The molecule has 4 aromatic carbocycles. The molecule has 0 bridgehead atoms. The summed E-state index contributed by atoms with van der Waals surface area (Å²) in [4.78, 5) is 19.0. The van der Waals surface area contributed by atoms with Gasteiger partial charge in [0, 0.05) is 50.0 Å². The fourth-order valence-corrected chi connectivity index (χ4v) is 6.48. The highest BCUT2D eigenvalue weighted by atomic mass is 35.5. The summed E-state index contributed by atoms with van der Waals surface area (Å²) in [6.07, 6.45) is 5.04. The van der Waals surface area contributed by atoms with Gasteiger partial charge in [-0.25, -0.2) is 4.79 Å². The SMILES string of the molecule is O=C(O)c1ccccc1Oc1ccc(N2CCN(Cc3cc(OCCCN4CCCCC4)ccc3-c3ccc(Cl)cc3)CC2)cc1. The van der Waals surface area contributed by atoms with Crippen molar-refractivity contribution in [1.29, 1.82) is 0 Å². The van der Waals surface area contributed by atoms with Crippen LogP contribution in [0.2, 0.25) is 5.02 Å². The summed E-state index contributed by atoms with van der Waals surface area (Å²) < 4.78 is 12.2. The lowest BCUT2D eigenvalue weighted by atomic mass is 9.98. The minimum absolute atomic E-state index is 0.145. The van der Waals surface area contributed by atoms with Crippen LogP contribution >= 0.6 is 11.6 Å². The van der Waals surface area contributed by atoms with E-state index in [1.165, 1.54) is 43.5 Å². The molecule has 1 N–H and O–H groups in total. The van der Waals surface area contributed by atoms with E-state index in [-0.39, 0.29) is 5.56 Å². The molecule has 0 aliphatic carbocycles. The lowest BCUT2D eigenvalue weighted by Gasteiger charge is -2.36. The number of carboxylic acid groups (broad SMARTS) is 1.